The van der Waals surface area contributed by atoms with Crippen LogP contribution in [0.4, 0.5) is 5.69 Å². The number of hydrogen-bond donors (Lipinski definition) is 1. The third-order valence-corrected chi connectivity index (χ3v) is 6.88. The van der Waals surface area contributed by atoms with E-state index in [0.717, 1.165) is 11.8 Å². The Morgan fingerprint density at radius 1 is 1.06 bits per heavy atom. The molecule has 198 valence electrons. The predicted molar refractivity (Wildman–Crippen MR) is 144 cm³/mol. The summed E-state index contributed by atoms with van der Waals surface area (Å²) in [5.74, 6) is -0.0429. The standard InChI is InChI=1S/C26H36ClN3O5S/c1-6-35-24-11-8-7-10-23(24)30(36(5,33)34)17-9-12-25(31)29(20(4)26(32)28-19(2)3)18-21-13-15-22(27)16-14-21/h7-8,10-11,13-16,19-20H,6,9,12,17-18H2,1-5H3,(H,28,32). The van der Waals surface area contributed by atoms with Gasteiger partial charge in [-0.1, -0.05) is 35.9 Å². The van der Waals surface area contributed by atoms with Gasteiger partial charge in [-0.15, -0.1) is 0 Å². The molecule has 0 fully saturated rings. The van der Waals surface area contributed by atoms with Gasteiger partial charge in [0, 0.05) is 30.6 Å². The summed E-state index contributed by atoms with van der Waals surface area (Å²) in [7, 11) is -3.62. The van der Waals surface area contributed by atoms with Crippen molar-refractivity contribution in [2.75, 3.05) is 23.7 Å². The second-order valence-corrected chi connectivity index (χ2v) is 11.2. The molecular formula is C26H36ClN3O5S. The molecule has 0 radical (unpaired) electrons. The van der Waals surface area contributed by atoms with Gasteiger partial charge in [-0.25, -0.2) is 8.42 Å². The Labute approximate surface area is 219 Å². The smallest absolute Gasteiger partial charge is 0.242 e. The van der Waals surface area contributed by atoms with Crippen molar-refractivity contribution in [3.8, 4) is 5.75 Å². The fourth-order valence-corrected chi connectivity index (χ4v) is 4.79. The van der Waals surface area contributed by atoms with E-state index in [1.807, 2.05) is 32.9 Å². The molecule has 1 unspecified atom stereocenters. The van der Waals surface area contributed by atoms with E-state index in [4.69, 9.17) is 16.3 Å². The summed E-state index contributed by atoms with van der Waals surface area (Å²) in [5.41, 5.74) is 1.26. The van der Waals surface area contributed by atoms with Crippen LogP contribution in [0.2, 0.25) is 5.02 Å². The van der Waals surface area contributed by atoms with Gasteiger partial charge in [-0.05, 0) is 63.9 Å². The minimum atomic E-state index is -3.62. The normalized spacial score (nSPS) is 12.2. The van der Waals surface area contributed by atoms with E-state index in [0.29, 0.717) is 23.1 Å². The van der Waals surface area contributed by atoms with Gasteiger partial charge in [-0.2, -0.15) is 0 Å². The molecule has 2 rings (SSSR count). The number of ether oxygens (including phenoxy) is 1. The first kappa shape index (κ1) is 29.5. The fraction of sp³-hybridized carbons (Fsp3) is 0.462. The molecular weight excluding hydrogens is 502 g/mol. The summed E-state index contributed by atoms with van der Waals surface area (Å²) in [4.78, 5) is 27.5. The number of carbonyl (C=O) groups is 2. The largest absolute Gasteiger partial charge is 0.492 e. The molecule has 36 heavy (non-hydrogen) atoms. The molecule has 0 saturated carbocycles. The maximum atomic E-state index is 13.3. The van der Waals surface area contributed by atoms with Crippen molar-refractivity contribution in [2.24, 2.45) is 0 Å². The van der Waals surface area contributed by atoms with Gasteiger partial charge in [0.1, 0.15) is 11.8 Å². The summed E-state index contributed by atoms with van der Waals surface area (Å²) in [6.45, 7) is 7.94. The number of anilines is 1. The van der Waals surface area contributed by atoms with Crippen LogP contribution in [-0.4, -0.2) is 56.6 Å². The molecule has 0 spiro atoms. The lowest BCUT2D eigenvalue weighted by Crippen LogP contribution is -2.49. The van der Waals surface area contributed by atoms with Crippen molar-refractivity contribution in [2.45, 2.75) is 59.2 Å². The molecule has 10 heteroatoms. The lowest BCUT2D eigenvalue weighted by molar-refractivity contribution is -0.140. The Hall–Kier alpha value is -2.78. The zero-order valence-corrected chi connectivity index (χ0v) is 23.1. The summed E-state index contributed by atoms with van der Waals surface area (Å²) >= 11 is 5.99. The Morgan fingerprint density at radius 3 is 2.28 bits per heavy atom. The van der Waals surface area contributed by atoms with E-state index in [2.05, 4.69) is 5.32 Å². The van der Waals surface area contributed by atoms with Gasteiger partial charge in [0.2, 0.25) is 21.8 Å². The van der Waals surface area contributed by atoms with Crippen LogP contribution in [0.3, 0.4) is 0 Å². The number of halogens is 1. The first-order chi connectivity index (χ1) is 16.9. The number of hydrogen-bond acceptors (Lipinski definition) is 5. The number of nitrogens with zero attached hydrogens (tertiary/aromatic N) is 2. The molecule has 0 aliphatic rings. The zero-order valence-electron chi connectivity index (χ0n) is 21.5. The highest BCUT2D eigenvalue weighted by Gasteiger charge is 2.27. The number of nitrogens with one attached hydrogen (secondary N) is 1. The van der Waals surface area contributed by atoms with Crippen molar-refractivity contribution in [3.63, 3.8) is 0 Å². The molecule has 0 saturated heterocycles. The topological polar surface area (TPSA) is 96.0 Å². The Bertz CT molecular complexity index is 1120. The molecule has 1 atom stereocenters. The summed E-state index contributed by atoms with van der Waals surface area (Å²) in [6, 6.07) is 13.2. The second-order valence-electron chi connectivity index (χ2n) is 8.83. The maximum absolute atomic E-state index is 13.3. The van der Waals surface area contributed by atoms with Crippen LogP contribution < -0.4 is 14.4 Å². The SMILES string of the molecule is CCOc1ccccc1N(CCCC(=O)N(Cc1ccc(Cl)cc1)C(C)C(=O)NC(C)C)S(C)(=O)=O. The van der Waals surface area contributed by atoms with Crippen LogP contribution in [0, 0.1) is 0 Å². The third-order valence-electron chi connectivity index (χ3n) is 5.45. The lowest BCUT2D eigenvalue weighted by atomic mass is 10.1. The molecule has 2 aromatic carbocycles. The Kier molecular flexibility index (Phi) is 11.0. The van der Waals surface area contributed by atoms with Crippen LogP contribution in [0.15, 0.2) is 48.5 Å². The molecule has 2 aromatic rings. The van der Waals surface area contributed by atoms with E-state index in [1.165, 1.54) is 9.21 Å². The van der Waals surface area contributed by atoms with Crippen molar-refractivity contribution in [1.29, 1.82) is 0 Å². The van der Waals surface area contributed by atoms with Gasteiger partial charge in [0.15, 0.2) is 0 Å². The van der Waals surface area contributed by atoms with E-state index < -0.39 is 16.1 Å². The highest BCUT2D eigenvalue weighted by molar-refractivity contribution is 7.92. The van der Waals surface area contributed by atoms with Gasteiger partial charge in [0.05, 0.1) is 18.6 Å². The van der Waals surface area contributed by atoms with Gasteiger partial charge >= 0.3 is 0 Å². The third kappa shape index (κ3) is 8.71. The molecule has 0 aliphatic carbocycles. The number of sulfonamides is 1. The van der Waals surface area contributed by atoms with Crippen LogP contribution in [0.1, 0.15) is 46.1 Å². The Morgan fingerprint density at radius 2 is 1.69 bits per heavy atom. The van der Waals surface area contributed by atoms with Crippen LogP contribution in [0.5, 0.6) is 5.75 Å². The monoisotopic (exact) mass is 537 g/mol. The van der Waals surface area contributed by atoms with Crippen LogP contribution >= 0.6 is 11.6 Å². The van der Waals surface area contributed by atoms with Crippen LogP contribution in [-0.2, 0) is 26.2 Å². The van der Waals surface area contributed by atoms with Gasteiger partial charge in [-0.3, -0.25) is 13.9 Å². The number of amides is 2. The number of para-hydroxylation sites is 2. The van der Waals surface area contributed by atoms with E-state index in [9.17, 15) is 18.0 Å². The Balaban J connectivity index is 2.20. The molecule has 0 aromatic heterocycles. The molecule has 0 heterocycles. The summed E-state index contributed by atoms with van der Waals surface area (Å²) in [5, 5.41) is 3.43. The van der Waals surface area contributed by atoms with Crippen LogP contribution in [0.25, 0.3) is 0 Å². The summed E-state index contributed by atoms with van der Waals surface area (Å²) in [6.07, 6.45) is 1.46. The van der Waals surface area contributed by atoms with E-state index >= 15 is 0 Å². The minimum Gasteiger partial charge on any atom is -0.492 e. The van der Waals surface area contributed by atoms with E-state index in [1.54, 1.807) is 43.3 Å². The van der Waals surface area contributed by atoms with E-state index in [-0.39, 0.29) is 43.8 Å². The fourth-order valence-electron chi connectivity index (χ4n) is 3.70. The number of carbonyl (C=O) groups excluding carboxylic acids is 2. The predicted octanol–water partition coefficient (Wildman–Crippen LogP) is 4.23. The minimum absolute atomic E-state index is 0.0652. The molecule has 0 bridgehead atoms. The molecule has 1 N–H and O–H groups in total. The quantitative estimate of drug-likeness (QED) is 0.412. The summed E-state index contributed by atoms with van der Waals surface area (Å²) < 4.78 is 32.0. The van der Waals surface area contributed by atoms with Gasteiger partial charge in [0.25, 0.3) is 0 Å². The number of benzene rings is 2. The zero-order chi connectivity index (χ0) is 26.9. The average molecular weight is 538 g/mol. The average Bonchev–Trinajstić information content (AvgIpc) is 2.80. The second kappa shape index (κ2) is 13.5. The first-order valence-corrected chi connectivity index (χ1v) is 14.2. The van der Waals surface area contributed by atoms with Crippen molar-refractivity contribution >= 4 is 39.1 Å². The maximum Gasteiger partial charge on any atom is 0.242 e. The molecule has 2 amide bonds. The van der Waals surface area contributed by atoms with Gasteiger partial charge < -0.3 is 15.0 Å². The van der Waals surface area contributed by atoms with Crippen molar-refractivity contribution in [3.05, 3.63) is 59.1 Å². The lowest BCUT2D eigenvalue weighted by Gasteiger charge is -2.30. The molecule has 8 nitrogen and oxygen atoms in total. The number of rotatable bonds is 13. The highest BCUT2D eigenvalue weighted by atomic mass is 35.5. The first-order valence-electron chi connectivity index (χ1n) is 12.0. The highest BCUT2D eigenvalue weighted by Crippen LogP contribution is 2.30. The van der Waals surface area contributed by atoms with Crippen molar-refractivity contribution < 1.29 is 22.7 Å². The van der Waals surface area contributed by atoms with Crippen molar-refractivity contribution in [1.82, 2.24) is 10.2 Å². The molecule has 0 aliphatic heterocycles.